The zero-order valence-corrected chi connectivity index (χ0v) is 18.2. The van der Waals surface area contributed by atoms with E-state index in [1.807, 2.05) is 66.8 Å². The zero-order chi connectivity index (χ0) is 22.0. The molecule has 0 radical (unpaired) electrons. The van der Waals surface area contributed by atoms with Crippen LogP contribution in [0.15, 0.2) is 42.6 Å². The van der Waals surface area contributed by atoms with Gasteiger partial charge >= 0.3 is 5.97 Å². The van der Waals surface area contributed by atoms with Crippen molar-refractivity contribution < 1.29 is 14.3 Å². The number of hydrogen-bond acceptors (Lipinski definition) is 5. The van der Waals surface area contributed by atoms with Crippen LogP contribution in [0.1, 0.15) is 50.0 Å². The number of amides is 1. The van der Waals surface area contributed by atoms with Crippen LogP contribution in [-0.2, 0) is 9.53 Å². The molecule has 1 aliphatic rings. The number of likely N-dealkylation sites (tertiary alicyclic amines) is 1. The van der Waals surface area contributed by atoms with Gasteiger partial charge in [0, 0.05) is 24.7 Å². The van der Waals surface area contributed by atoms with Crippen molar-refractivity contribution in [2.24, 2.45) is 5.92 Å². The van der Waals surface area contributed by atoms with E-state index >= 15 is 0 Å². The van der Waals surface area contributed by atoms with Gasteiger partial charge in [-0.25, -0.2) is 9.67 Å². The van der Waals surface area contributed by atoms with Crippen LogP contribution in [0.3, 0.4) is 0 Å². The summed E-state index contributed by atoms with van der Waals surface area (Å²) >= 11 is 0. The molecule has 7 nitrogen and oxygen atoms in total. The molecule has 0 atom stereocenters. The summed E-state index contributed by atoms with van der Waals surface area (Å²) in [5.74, 6) is -0.342. The van der Waals surface area contributed by atoms with Crippen LogP contribution in [-0.4, -0.2) is 51.2 Å². The zero-order valence-electron chi connectivity index (χ0n) is 18.2. The first-order chi connectivity index (χ1) is 15.0. The Balaban J connectivity index is 1.68. The summed E-state index contributed by atoms with van der Waals surface area (Å²) in [4.78, 5) is 32.2. The number of rotatable bonds is 5. The van der Waals surface area contributed by atoms with Gasteiger partial charge in [-0.05, 0) is 39.7 Å². The Bertz CT molecular complexity index is 1080. The van der Waals surface area contributed by atoms with Crippen LogP contribution < -0.4 is 0 Å². The van der Waals surface area contributed by atoms with Gasteiger partial charge < -0.3 is 9.64 Å². The normalized spacial score (nSPS) is 14.9. The summed E-state index contributed by atoms with van der Waals surface area (Å²) in [6, 6.07) is 11.8. The van der Waals surface area contributed by atoms with Crippen molar-refractivity contribution >= 4 is 22.9 Å². The van der Waals surface area contributed by atoms with Crippen LogP contribution in [0, 0.1) is 5.92 Å². The second kappa shape index (κ2) is 8.88. The van der Waals surface area contributed by atoms with Gasteiger partial charge in [0.25, 0.3) is 5.91 Å². The minimum atomic E-state index is -0.162. The van der Waals surface area contributed by atoms with E-state index in [4.69, 9.17) is 9.72 Å². The van der Waals surface area contributed by atoms with Gasteiger partial charge in [0.1, 0.15) is 0 Å². The third-order valence-electron chi connectivity index (χ3n) is 5.76. The summed E-state index contributed by atoms with van der Waals surface area (Å²) in [5.41, 5.74) is 3.02. The summed E-state index contributed by atoms with van der Waals surface area (Å²) in [7, 11) is 0. The number of pyridine rings is 1. The van der Waals surface area contributed by atoms with Gasteiger partial charge in [0.15, 0.2) is 5.65 Å². The smallest absolute Gasteiger partial charge is 0.309 e. The average molecular weight is 421 g/mol. The van der Waals surface area contributed by atoms with E-state index in [-0.39, 0.29) is 23.8 Å². The molecule has 2 aromatic heterocycles. The number of nitrogens with zero attached hydrogens (tertiary/aromatic N) is 4. The van der Waals surface area contributed by atoms with Crippen molar-refractivity contribution in [3.8, 4) is 11.3 Å². The molecule has 3 heterocycles. The lowest BCUT2D eigenvalue weighted by Gasteiger charge is -2.31. The molecule has 0 unspecified atom stereocenters. The highest BCUT2D eigenvalue weighted by molar-refractivity contribution is 6.06. The molecule has 4 rings (SSSR count). The second-order valence-electron chi connectivity index (χ2n) is 8.16. The number of fused-ring (bicyclic) bond motifs is 1. The Hall–Kier alpha value is -3.22. The predicted molar refractivity (Wildman–Crippen MR) is 119 cm³/mol. The molecule has 1 aromatic carbocycles. The maximum atomic E-state index is 13.5. The summed E-state index contributed by atoms with van der Waals surface area (Å²) in [6.45, 7) is 7.36. The quantitative estimate of drug-likeness (QED) is 0.581. The van der Waals surface area contributed by atoms with Crippen molar-refractivity contribution in [3.05, 3.63) is 48.2 Å². The molecule has 3 aromatic rings. The average Bonchev–Trinajstić information content (AvgIpc) is 3.23. The molecular weight excluding hydrogens is 392 g/mol. The first-order valence-corrected chi connectivity index (χ1v) is 10.9. The molecular formula is C24H28N4O3. The van der Waals surface area contributed by atoms with E-state index in [1.165, 1.54) is 0 Å². The molecule has 0 N–H and O–H groups in total. The van der Waals surface area contributed by atoms with Gasteiger partial charge in [0.05, 0.1) is 35.4 Å². The monoisotopic (exact) mass is 420 g/mol. The minimum Gasteiger partial charge on any atom is -0.466 e. The SMILES string of the molecule is CCOC(=O)C1CCN(C(=O)c2cc(-c3ccccc3)nc3c2cnn3C(C)C)CC1. The van der Waals surface area contributed by atoms with Crippen LogP contribution in [0.5, 0.6) is 0 Å². The number of piperidine rings is 1. The molecule has 1 fully saturated rings. The first-order valence-electron chi connectivity index (χ1n) is 10.9. The topological polar surface area (TPSA) is 77.3 Å². The fraction of sp³-hybridized carbons (Fsp3) is 0.417. The van der Waals surface area contributed by atoms with Crippen molar-refractivity contribution in [2.75, 3.05) is 19.7 Å². The molecule has 0 saturated carbocycles. The molecule has 1 amide bonds. The van der Waals surface area contributed by atoms with E-state index in [1.54, 1.807) is 6.20 Å². The van der Waals surface area contributed by atoms with Crippen LogP contribution in [0.4, 0.5) is 0 Å². The maximum absolute atomic E-state index is 13.5. The summed E-state index contributed by atoms with van der Waals surface area (Å²) in [6.07, 6.45) is 2.97. The number of hydrogen-bond donors (Lipinski definition) is 0. The minimum absolute atomic E-state index is 0.0461. The van der Waals surface area contributed by atoms with Crippen molar-refractivity contribution in [3.63, 3.8) is 0 Å². The number of aromatic nitrogens is 3. The molecule has 0 spiro atoms. The fourth-order valence-electron chi connectivity index (χ4n) is 4.08. The van der Waals surface area contributed by atoms with Crippen molar-refractivity contribution in [1.82, 2.24) is 19.7 Å². The lowest BCUT2D eigenvalue weighted by atomic mass is 9.96. The van der Waals surface area contributed by atoms with Gasteiger partial charge in [0.2, 0.25) is 0 Å². The van der Waals surface area contributed by atoms with Gasteiger partial charge in [-0.1, -0.05) is 30.3 Å². The van der Waals surface area contributed by atoms with E-state index in [0.29, 0.717) is 43.7 Å². The molecule has 1 saturated heterocycles. The first kappa shape index (κ1) is 21.0. The van der Waals surface area contributed by atoms with Crippen molar-refractivity contribution in [2.45, 2.75) is 39.7 Å². The Kier molecular flexibility index (Phi) is 6.02. The third-order valence-corrected chi connectivity index (χ3v) is 5.76. The van der Waals surface area contributed by atoms with Crippen molar-refractivity contribution in [1.29, 1.82) is 0 Å². The molecule has 0 bridgehead atoms. The van der Waals surface area contributed by atoms with Crippen LogP contribution >= 0.6 is 0 Å². The molecule has 0 aliphatic carbocycles. The molecule has 162 valence electrons. The maximum Gasteiger partial charge on any atom is 0.309 e. The predicted octanol–water partition coefficient (Wildman–Crippen LogP) is 4.09. The highest BCUT2D eigenvalue weighted by atomic mass is 16.5. The number of carbonyl (C=O) groups is 2. The number of carbonyl (C=O) groups excluding carboxylic acids is 2. The third kappa shape index (κ3) is 4.17. The van der Waals surface area contributed by atoms with E-state index in [2.05, 4.69) is 5.10 Å². The fourth-order valence-corrected chi connectivity index (χ4v) is 4.08. The Morgan fingerprint density at radius 2 is 1.87 bits per heavy atom. The molecule has 7 heteroatoms. The van der Waals surface area contributed by atoms with Gasteiger partial charge in [-0.2, -0.15) is 5.10 Å². The van der Waals surface area contributed by atoms with Crippen LogP contribution in [0.25, 0.3) is 22.3 Å². The number of esters is 1. The van der Waals surface area contributed by atoms with Gasteiger partial charge in [-0.3, -0.25) is 9.59 Å². The Morgan fingerprint density at radius 3 is 2.52 bits per heavy atom. The Morgan fingerprint density at radius 1 is 1.16 bits per heavy atom. The Labute approximate surface area is 182 Å². The largest absolute Gasteiger partial charge is 0.466 e. The number of ether oxygens (including phenoxy) is 1. The lowest BCUT2D eigenvalue weighted by Crippen LogP contribution is -2.40. The van der Waals surface area contributed by atoms with Crippen LogP contribution in [0.2, 0.25) is 0 Å². The summed E-state index contributed by atoms with van der Waals surface area (Å²) in [5, 5.41) is 5.25. The van der Waals surface area contributed by atoms with Gasteiger partial charge in [-0.15, -0.1) is 0 Å². The molecule has 31 heavy (non-hydrogen) atoms. The van der Waals surface area contributed by atoms with E-state index in [0.717, 1.165) is 16.6 Å². The standard InChI is InChI=1S/C24H28N4O3/c1-4-31-24(30)18-10-12-27(13-11-18)23(29)19-14-21(17-8-6-5-7-9-17)26-22-20(19)15-25-28(22)16(2)3/h5-9,14-16,18H,4,10-13H2,1-3H3. The van der Waals surface area contributed by atoms with E-state index in [9.17, 15) is 9.59 Å². The molecule has 1 aliphatic heterocycles. The highest BCUT2D eigenvalue weighted by Crippen LogP contribution is 2.28. The van der Waals surface area contributed by atoms with E-state index < -0.39 is 0 Å². The number of benzene rings is 1. The summed E-state index contributed by atoms with van der Waals surface area (Å²) < 4.78 is 7.00. The highest BCUT2D eigenvalue weighted by Gasteiger charge is 2.30. The lowest BCUT2D eigenvalue weighted by molar-refractivity contribution is -0.149. The second-order valence-corrected chi connectivity index (χ2v) is 8.16.